The van der Waals surface area contributed by atoms with E-state index >= 15 is 0 Å². The number of aromatic nitrogens is 2. The van der Waals surface area contributed by atoms with E-state index in [4.69, 9.17) is 5.73 Å². The van der Waals surface area contributed by atoms with Crippen LogP contribution in [-0.2, 0) is 12.8 Å². The summed E-state index contributed by atoms with van der Waals surface area (Å²) in [6.07, 6.45) is 3.66. The highest BCUT2D eigenvalue weighted by Gasteiger charge is 2.09. The molecule has 2 heterocycles. The minimum absolute atomic E-state index is 0.0927. The predicted molar refractivity (Wildman–Crippen MR) is 73.2 cm³/mol. The quantitative estimate of drug-likeness (QED) is 0.895. The highest BCUT2D eigenvalue weighted by atomic mass is 14.8. The standard InChI is InChI=1S/C15H19N3/c1-3-12-7-8-13(17-10-12)9-14(16)15-6-4-5-11(2)18-15/h4-8,10,14H,3,9,16H2,1-2H3. The van der Waals surface area contributed by atoms with Crippen molar-refractivity contribution >= 4 is 0 Å². The number of pyridine rings is 2. The summed E-state index contributed by atoms with van der Waals surface area (Å²) in [5.74, 6) is 0. The molecular formula is C15H19N3. The lowest BCUT2D eigenvalue weighted by Crippen LogP contribution is -2.16. The van der Waals surface area contributed by atoms with E-state index in [1.165, 1.54) is 5.56 Å². The Morgan fingerprint density at radius 2 is 2.06 bits per heavy atom. The number of nitrogens with zero attached hydrogens (tertiary/aromatic N) is 2. The van der Waals surface area contributed by atoms with Crippen LogP contribution in [0.3, 0.4) is 0 Å². The van der Waals surface area contributed by atoms with Crippen LogP contribution in [0.1, 0.15) is 35.6 Å². The second kappa shape index (κ2) is 5.74. The predicted octanol–water partition coefficient (Wildman–Crippen LogP) is 2.59. The molecule has 3 heteroatoms. The summed E-state index contributed by atoms with van der Waals surface area (Å²) in [5.41, 5.74) is 10.4. The molecule has 1 unspecified atom stereocenters. The first kappa shape index (κ1) is 12.7. The van der Waals surface area contributed by atoms with E-state index in [2.05, 4.69) is 29.0 Å². The van der Waals surface area contributed by atoms with E-state index in [0.29, 0.717) is 0 Å². The van der Waals surface area contributed by atoms with E-state index < -0.39 is 0 Å². The minimum atomic E-state index is -0.0927. The molecule has 2 N–H and O–H groups in total. The van der Waals surface area contributed by atoms with Crippen molar-refractivity contribution in [1.29, 1.82) is 0 Å². The highest BCUT2D eigenvalue weighted by Crippen LogP contribution is 2.13. The number of hydrogen-bond donors (Lipinski definition) is 1. The van der Waals surface area contributed by atoms with Gasteiger partial charge in [-0.2, -0.15) is 0 Å². The molecule has 0 saturated carbocycles. The Bertz CT molecular complexity index is 505. The van der Waals surface area contributed by atoms with Crippen molar-refractivity contribution in [3.8, 4) is 0 Å². The fraction of sp³-hybridized carbons (Fsp3) is 0.333. The fourth-order valence-electron chi connectivity index (χ4n) is 1.89. The molecule has 3 nitrogen and oxygen atoms in total. The van der Waals surface area contributed by atoms with Gasteiger partial charge in [0.25, 0.3) is 0 Å². The summed E-state index contributed by atoms with van der Waals surface area (Å²) in [7, 11) is 0. The monoisotopic (exact) mass is 241 g/mol. The molecule has 0 spiro atoms. The van der Waals surface area contributed by atoms with Crippen LogP contribution in [0.4, 0.5) is 0 Å². The molecule has 0 saturated heterocycles. The molecule has 0 aliphatic rings. The summed E-state index contributed by atoms with van der Waals surface area (Å²) in [6, 6.07) is 10.0. The smallest absolute Gasteiger partial charge is 0.0578 e. The number of nitrogens with two attached hydrogens (primary N) is 1. The summed E-state index contributed by atoms with van der Waals surface area (Å²) in [6.45, 7) is 4.10. The molecule has 2 aromatic heterocycles. The zero-order chi connectivity index (χ0) is 13.0. The van der Waals surface area contributed by atoms with Crippen LogP contribution in [0.2, 0.25) is 0 Å². The van der Waals surface area contributed by atoms with Gasteiger partial charge >= 0.3 is 0 Å². The van der Waals surface area contributed by atoms with Crippen LogP contribution in [0, 0.1) is 6.92 Å². The molecule has 0 aliphatic heterocycles. The fourth-order valence-corrected chi connectivity index (χ4v) is 1.89. The van der Waals surface area contributed by atoms with E-state index in [-0.39, 0.29) is 6.04 Å². The largest absolute Gasteiger partial charge is 0.322 e. The zero-order valence-corrected chi connectivity index (χ0v) is 10.9. The summed E-state index contributed by atoms with van der Waals surface area (Å²) < 4.78 is 0. The van der Waals surface area contributed by atoms with Crippen LogP contribution in [0.15, 0.2) is 36.5 Å². The van der Waals surface area contributed by atoms with Crippen molar-refractivity contribution in [3.63, 3.8) is 0 Å². The van der Waals surface area contributed by atoms with Gasteiger partial charge in [-0.1, -0.05) is 19.1 Å². The lowest BCUT2D eigenvalue weighted by molar-refractivity contribution is 0.680. The second-order valence-electron chi connectivity index (χ2n) is 4.53. The van der Waals surface area contributed by atoms with Crippen LogP contribution in [-0.4, -0.2) is 9.97 Å². The van der Waals surface area contributed by atoms with Gasteiger partial charge in [-0.3, -0.25) is 9.97 Å². The Morgan fingerprint density at radius 1 is 1.22 bits per heavy atom. The third-order valence-electron chi connectivity index (χ3n) is 3.01. The second-order valence-corrected chi connectivity index (χ2v) is 4.53. The van der Waals surface area contributed by atoms with E-state index in [1.54, 1.807) is 0 Å². The summed E-state index contributed by atoms with van der Waals surface area (Å²) in [4.78, 5) is 8.88. The van der Waals surface area contributed by atoms with E-state index in [0.717, 1.165) is 29.9 Å². The molecule has 0 aromatic carbocycles. The van der Waals surface area contributed by atoms with Crippen molar-refractivity contribution in [2.45, 2.75) is 32.7 Å². The van der Waals surface area contributed by atoms with Crippen LogP contribution in [0.25, 0.3) is 0 Å². The van der Waals surface area contributed by atoms with Crippen LogP contribution in [0.5, 0.6) is 0 Å². The number of hydrogen-bond acceptors (Lipinski definition) is 3. The molecule has 2 aromatic rings. The van der Waals surface area contributed by atoms with Gasteiger partial charge in [0.05, 0.1) is 11.7 Å². The normalized spacial score (nSPS) is 12.4. The van der Waals surface area contributed by atoms with Crippen molar-refractivity contribution in [2.75, 3.05) is 0 Å². The van der Waals surface area contributed by atoms with Gasteiger partial charge in [0.15, 0.2) is 0 Å². The van der Waals surface area contributed by atoms with Gasteiger partial charge in [0, 0.05) is 24.0 Å². The molecule has 18 heavy (non-hydrogen) atoms. The molecule has 0 amide bonds. The van der Waals surface area contributed by atoms with Crippen molar-refractivity contribution < 1.29 is 0 Å². The Kier molecular flexibility index (Phi) is 4.05. The van der Waals surface area contributed by atoms with Gasteiger partial charge in [-0.25, -0.2) is 0 Å². The first-order valence-electron chi connectivity index (χ1n) is 6.32. The minimum Gasteiger partial charge on any atom is -0.322 e. The molecular weight excluding hydrogens is 222 g/mol. The molecule has 0 aliphatic carbocycles. The maximum Gasteiger partial charge on any atom is 0.0578 e. The van der Waals surface area contributed by atoms with Gasteiger partial charge < -0.3 is 5.73 Å². The van der Waals surface area contributed by atoms with E-state index in [9.17, 15) is 0 Å². The molecule has 0 fully saturated rings. The lowest BCUT2D eigenvalue weighted by Gasteiger charge is -2.11. The first-order valence-corrected chi connectivity index (χ1v) is 6.32. The maximum atomic E-state index is 6.16. The Hall–Kier alpha value is -1.74. The third-order valence-corrected chi connectivity index (χ3v) is 3.01. The average Bonchev–Trinajstić information content (AvgIpc) is 2.39. The zero-order valence-electron chi connectivity index (χ0n) is 10.9. The molecule has 0 radical (unpaired) electrons. The number of aryl methyl sites for hydroxylation is 2. The topological polar surface area (TPSA) is 51.8 Å². The Balaban J connectivity index is 2.08. The van der Waals surface area contributed by atoms with E-state index in [1.807, 2.05) is 31.3 Å². The highest BCUT2D eigenvalue weighted by molar-refractivity contribution is 5.18. The lowest BCUT2D eigenvalue weighted by atomic mass is 10.1. The average molecular weight is 241 g/mol. The van der Waals surface area contributed by atoms with Crippen molar-refractivity contribution in [2.24, 2.45) is 5.73 Å². The Morgan fingerprint density at radius 3 is 2.67 bits per heavy atom. The SMILES string of the molecule is CCc1ccc(CC(N)c2cccc(C)n2)nc1. The molecule has 94 valence electrons. The van der Waals surface area contributed by atoms with Crippen LogP contribution >= 0.6 is 0 Å². The maximum absolute atomic E-state index is 6.16. The third kappa shape index (κ3) is 3.14. The van der Waals surface area contributed by atoms with Crippen molar-refractivity contribution in [3.05, 3.63) is 59.2 Å². The van der Waals surface area contributed by atoms with Gasteiger partial charge in [-0.05, 0) is 37.1 Å². The van der Waals surface area contributed by atoms with Crippen LogP contribution < -0.4 is 5.73 Å². The van der Waals surface area contributed by atoms with Gasteiger partial charge in [0.2, 0.25) is 0 Å². The molecule has 2 rings (SSSR count). The number of rotatable bonds is 4. The summed E-state index contributed by atoms with van der Waals surface area (Å²) >= 11 is 0. The molecule has 0 bridgehead atoms. The van der Waals surface area contributed by atoms with Gasteiger partial charge in [-0.15, -0.1) is 0 Å². The van der Waals surface area contributed by atoms with Gasteiger partial charge in [0.1, 0.15) is 0 Å². The summed E-state index contributed by atoms with van der Waals surface area (Å²) in [5, 5.41) is 0. The van der Waals surface area contributed by atoms with Crippen molar-refractivity contribution in [1.82, 2.24) is 9.97 Å². The molecule has 1 atom stereocenters. The first-order chi connectivity index (χ1) is 8.69. The Labute approximate surface area is 108 Å².